The maximum absolute atomic E-state index is 12.9. The summed E-state index contributed by atoms with van der Waals surface area (Å²) in [5.41, 5.74) is 1.38. The van der Waals surface area contributed by atoms with Crippen molar-refractivity contribution in [3.63, 3.8) is 0 Å². The first kappa shape index (κ1) is 20.7. The molecule has 9 heteroatoms. The number of rotatable bonds is 5. The summed E-state index contributed by atoms with van der Waals surface area (Å²) < 4.78 is 39.4. The van der Waals surface area contributed by atoms with E-state index in [4.69, 9.17) is 9.47 Å². The van der Waals surface area contributed by atoms with E-state index in [0.29, 0.717) is 36.1 Å². The highest BCUT2D eigenvalue weighted by atomic mass is 32.2. The number of hydrogen-bond donors (Lipinski definition) is 2. The van der Waals surface area contributed by atoms with Gasteiger partial charge in [-0.15, -0.1) is 0 Å². The number of ether oxygens (including phenoxy) is 2. The van der Waals surface area contributed by atoms with Gasteiger partial charge >= 0.3 is 0 Å². The largest absolute Gasteiger partial charge is 0.490 e. The molecule has 1 aliphatic heterocycles. The number of nitrogens with zero attached hydrogens (tertiary/aromatic N) is 1. The van der Waals surface area contributed by atoms with Crippen LogP contribution >= 0.6 is 0 Å². The first-order valence-corrected chi connectivity index (χ1v) is 11.2. The van der Waals surface area contributed by atoms with E-state index in [2.05, 4.69) is 15.0 Å². The first-order chi connectivity index (χ1) is 14.9. The average molecular weight is 439 g/mol. The van der Waals surface area contributed by atoms with E-state index in [0.717, 1.165) is 12.0 Å². The molecule has 1 aromatic heterocycles. The van der Waals surface area contributed by atoms with Crippen LogP contribution in [0.4, 0.5) is 11.5 Å². The molecule has 0 saturated carbocycles. The van der Waals surface area contributed by atoms with Crippen LogP contribution < -0.4 is 19.5 Å². The van der Waals surface area contributed by atoms with E-state index in [-0.39, 0.29) is 10.6 Å². The molecule has 0 aliphatic carbocycles. The fourth-order valence-electron chi connectivity index (χ4n) is 3.05. The minimum Gasteiger partial charge on any atom is -0.490 e. The zero-order chi connectivity index (χ0) is 21.8. The maximum Gasteiger partial charge on any atom is 0.262 e. The lowest BCUT2D eigenvalue weighted by Crippen LogP contribution is -2.16. The van der Waals surface area contributed by atoms with Gasteiger partial charge in [-0.1, -0.05) is 12.1 Å². The number of hydrogen-bond acceptors (Lipinski definition) is 6. The Morgan fingerprint density at radius 1 is 1.00 bits per heavy atom. The Labute approximate surface area is 180 Å². The number of carbonyl (C=O) groups excluding carboxylic acids is 1. The van der Waals surface area contributed by atoms with Crippen molar-refractivity contribution in [1.82, 2.24) is 4.98 Å². The summed E-state index contributed by atoms with van der Waals surface area (Å²) in [7, 11) is -3.90. The molecule has 8 nitrogen and oxygen atoms in total. The minimum absolute atomic E-state index is 0.0377. The zero-order valence-electron chi connectivity index (χ0n) is 16.8. The number of benzene rings is 2. The smallest absolute Gasteiger partial charge is 0.262 e. The molecule has 0 bridgehead atoms. The standard InChI is InChI=1S/C22H21N3O5S/c1-15-5-3-10-23-21(15)24-22(26)16-6-2-7-17(13-16)25-31(27,28)18-8-9-19-20(14-18)30-12-4-11-29-19/h2-3,5-10,13-14,25H,4,11-12H2,1H3,(H,23,24,26). The highest BCUT2D eigenvalue weighted by molar-refractivity contribution is 7.92. The van der Waals surface area contributed by atoms with Crippen LogP contribution in [0, 0.1) is 6.92 Å². The number of carbonyl (C=O) groups is 1. The minimum atomic E-state index is -3.90. The van der Waals surface area contributed by atoms with Crippen LogP contribution in [0.1, 0.15) is 22.3 Å². The van der Waals surface area contributed by atoms with Gasteiger partial charge in [-0.3, -0.25) is 9.52 Å². The van der Waals surface area contributed by atoms with Gasteiger partial charge in [0, 0.05) is 29.9 Å². The van der Waals surface area contributed by atoms with Crippen molar-refractivity contribution in [2.24, 2.45) is 0 Å². The van der Waals surface area contributed by atoms with Crippen LogP contribution in [0.15, 0.2) is 65.7 Å². The monoisotopic (exact) mass is 439 g/mol. The van der Waals surface area contributed by atoms with Gasteiger partial charge in [-0.2, -0.15) is 0 Å². The van der Waals surface area contributed by atoms with Gasteiger partial charge in [0.1, 0.15) is 5.82 Å². The molecule has 1 amide bonds. The van der Waals surface area contributed by atoms with Crippen molar-refractivity contribution in [2.75, 3.05) is 23.3 Å². The number of aromatic nitrogens is 1. The van der Waals surface area contributed by atoms with Gasteiger partial charge in [0.15, 0.2) is 11.5 Å². The Morgan fingerprint density at radius 3 is 2.61 bits per heavy atom. The highest BCUT2D eigenvalue weighted by Gasteiger charge is 2.19. The fraction of sp³-hybridized carbons (Fsp3) is 0.182. The number of anilines is 2. The summed E-state index contributed by atoms with van der Waals surface area (Å²) in [6.07, 6.45) is 2.31. The molecule has 160 valence electrons. The van der Waals surface area contributed by atoms with Crippen molar-refractivity contribution in [1.29, 1.82) is 0 Å². The Balaban J connectivity index is 1.53. The van der Waals surface area contributed by atoms with Crippen molar-refractivity contribution in [3.8, 4) is 11.5 Å². The Bertz CT molecular complexity index is 1230. The Hall–Kier alpha value is -3.59. The van der Waals surface area contributed by atoms with E-state index in [9.17, 15) is 13.2 Å². The molecule has 0 saturated heterocycles. The average Bonchev–Trinajstić information content (AvgIpc) is 3.00. The summed E-state index contributed by atoms with van der Waals surface area (Å²) in [4.78, 5) is 16.8. The van der Waals surface area contributed by atoms with Gasteiger partial charge < -0.3 is 14.8 Å². The maximum atomic E-state index is 12.9. The second-order valence-corrected chi connectivity index (χ2v) is 8.65. The van der Waals surface area contributed by atoms with Crippen molar-refractivity contribution < 1.29 is 22.7 Å². The molecule has 2 aromatic carbocycles. The molecule has 4 rings (SSSR count). The molecule has 31 heavy (non-hydrogen) atoms. The topological polar surface area (TPSA) is 107 Å². The first-order valence-electron chi connectivity index (χ1n) is 9.68. The fourth-order valence-corrected chi connectivity index (χ4v) is 4.11. The molecule has 0 radical (unpaired) electrons. The van der Waals surface area contributed by atoms with E-state index in [1.165, 1.54) is 18.2 Å². The number of amides is 1. The molecule has 0 atom stereocenters. The van der Waals surface area contributed by atoms with Gasteiger partial charge in [-0.25, -0.2) is 13.4 Å². The predicted octanol–water partition coefficient (Wildman–Crippen LogP) is 3.60. The second-order valence-electron chi connectivity index (χ2n) is 6.97. The van der Waals surface area contributed by atoms with Crippen LogP contribution in [-0.2, 0) is 10.0 Å². The van der Waals surface area contributed by atoms with Crippen LogP contribution in [0.25, 0.3) is 0 Å². The third kappa shape index (κ3) is 4.77. The normalized spacial score (nSPS) is 13.2. The number of pyridine rings is 1. The molecule has 1 aliphatic rings. The number of aryl methyl sites for hydroxylation is 1. The summed E-state index contributed by atoms with van der Waals surface area (Å²) in [5.74, 6) is 0.961. The van der Waals surface area contributed by atoms with E-state index < -0.39 is 15.9 Å². The predicted molar refractivity (Wildman–Crippen MR) is 116 cm³/mol. The zero-order valence-corrected chi connectivity index (χ0v) is 17.6. The molecule has 0 unspecified atom stereocenters. The van der Waals surface area contributed by atoms with E-state index in [1.807, 2.05) is 13.0 Å². The number of fused-ring (bicyclic) bond motifs is 1. The Morgan fingerprint density at radius 2 is 1.81 bits per heavy atom. The van der Waals surface area contributed by atoms with Gasteiger partial charge in [0.25, 0.3) is 15.9 Å². The van der Waals surface area contributed by atoms with Crippen LogP contribution in [-0.4, -0.2) is 32.5 Å². The van der Waals surface area contributed by atoms with Crippen LogP contribution in [0.5, 0.6) is 11.5 Å². The van der Waals surface area contributed by atoms with Crippen molar-refractivity contribution in [2.45, 2.75) is 18.2 Å². The molecular formula is C22H21N3O5S. The van der Waals surface area contributed by atoms with Gasteiger partial charge in [0.2, 0.25) is 0 Å². The second kappa shape index (κ2) is 8.65. The summed E-state index contributed by atoms with van der Waals surface area (Å²) in [5, 5.41) is 2.73. The third-order valence-corrected chi connectivity index (χ3v) is 6.03. The SMILES string of the molecule is Cc1cccnc1NC(=O)c1cccc(NS(=O)(=O)c2ccc3c(c2)OCCCO3)c1. The molecule has 0 fully saturated rings. The summed E-state index contributed by atoms with van der Waals surface area (Å²) in [6.45, 7) is 2.81. The number of nitrogens with one attached hydrogen (secondary N) is 2. The van der Waals surface area contributed by atoms with E-state index in [1.54, 1.807) is 36.5 Å². The van der Waals surface area contributed by atoms with Gasteiger partial charge in [0.05, 0.1) is 18.1 Å². The molecule has 2 N–H and O–H groups in total. The Kier molecular flexibility index (Phi) is 5.77. The quantitative estimate of drug-likeness (QED) is 0.629. The van der Waals surface area contributed by atoms with E-state index >= 15 is 0 Å². The number of sulfonamides is 1. The lowest BCUT2D eigenvalue weighted by atomic mass is 10.2. The molecule has 0 spiro atoms. The highest BCUT2D eigenvalue weighted by Crippen LogP contribution is 2.32. The lowest BCUT2D eigenvalue weighted by Gasteiger charge is -2.12. The summed E-state index contributed by atoms with van der Waals surface area (Å²) in [6, 6.07) is 14.3. The van der Waals surface area contributed by atoms with Crippen molar-refractivity contribution in [3.05, 3.63) is 71.9 Å². The van der Waals surface area contributed by atoms with Crippen LogP contribution in [0.2, 0.25) is 0 Å². The third-order valence-electron chi connectivity index (χ3n) is 4.65. The van der Waals surface area contributed by atoms with Crippen LogP contribution in [0.3, 0.4) is 0 Å². The molecule has 2 heterocycles. The summed E-state index contributed by atoms with van der Waals surface area (Å²) >= 11 is 0. The molecule has 3 aromatic rings. The lowest BCUT2D eigenvalue weighted by molar-refractivity contribution is 0.102. The van der Waals surface area contributed by atoms with Crippen molar-refractivity contribution >= 4 is 27.4 Å². The van der Waals surface area contributed by atoms with Gasteiger partial charge in [-0.05, 0) is 48.9 Å². The molecular weight excluding hydrogens is 418 g/mol.